The van der Waals surface area contributed by atoms with Crippen LogP contribution in [0.2, 0.25) is 0 Å². The largest absolute Gasteiger partial charge is 0.295 e. The maximum atomic E-state index is 11.2. The van der Waals surface area contributed by atoms with E-state index in [1.165, 1.54) is 0 Å². The molecule has 0 amide bonds. The molecule has 0 N–H and O–H groups in total. The number of benzene rings is 1. The molecule has 0 aromatic heterocycles. The van der Waals surface area contributed by atoms with Crippen LogP contribution in [-0.2, 0) is 5.41 Å². The Balaban J connectivity index is 0.00000121. The molecule has 0 unspecified atom stereocenters. The van der Waals surface area contributed by atoms with Crippen molar-refractivity contribution < 1.29 is 4.79 Å². The van der Waals surface area contributed by atoms with E-state index in [1.807, 2.05) is 46.8 Å². The maximum absolute atomic E-state index is 11.2. The molecule has 0 aliphatic carbocycles. The van der Waals surface area contributed by atoms with Gasteiger partial charge in [0, 0.05) is 5.56 Å². The molecule has 0 spiro atoms. The van der Waals surface area contributed by atoms with Gasteiger partial charge >= 0.3 is 0 Å². The third-order valence-electron chi connectivity index (χ3n) is 2.61. The topological polar surface area (TPSA) is 40.9 Å². The number of nitriles is 1. The molecular formula is C15H21NO. The van der Waals surface area contributed by atoms with Crippen molar-refractivity contribution in [3.63, 3.8) is 0 Å². The summed E-state index contributed by atoms with van der Waals surface area (Å²) < 4.78 is 0. The molecule has 0 saturated heterocycles. The lowest BCUT2D eigenvalue weighted by Crippen LogP contribution is -2.14. The average molecular weight is 231 g/mol. The minimum atomic E-state index is -0.500. The Labute approximate surface area is 104 Å². The van der Waals surface area contributed by atoms with Crippen molar-refractivity contribution in [3.05, 3.63) is 34.9 Å². The monoisotopic (exact) mass is 231 g/mol. The Bertz CT molecular complexity index is 439. The molecule has 0 bridgehead atoms. The first-order valence-corrected chi connectivity index (χ1v) is 5.92. The Hall–Kier alpha value is -1.62. The van der Waals surface area contributed by atoms with Crippen molar-refractivity contribution in [1.29, 1.82) is 5.26 Å². The molecule has 1 aromatic carbocycles. The summed E-state index contributed by atoms with van der Waals surface area (Å²) in [4.78, 5) is 11.2. The van der Waals surface area contributed by atoms with E-state index in [-0.39, 0.29) is 5.78 Å². The van der Waals surface area contributed by atoms with E-state index >= 15 is 0 Å². The molecular weight excluding hydrogens is 210 g/mol. The van der Waals surface area contributed by atoms with E-state index in [4.69, 9.17) is 5.26 Å². The highest BCUT2D eigenvalue weighted by Crippen LogP contribution is 2.24. The first-order chi connectivity index (χ1) is 7.88. The van der Waals surface area contributed by atoms with Gasteiger partial charge in [-0.2, -0.15) is 5.26 Å². The number of Topliss-reactive ketones (excluding diaryl/α,β-unsaturated/α-hetero) is 1. The number of hydrogen-bond donors (Lipinski definition) is 0. The maximum Gasteiger partial charge on any atom is 0.160 e. The fourth-order valence-electron chi connectivity index (χ4n) is 1.51. The lowest BCUT2D eigenvalue weighted by Gasteiger charge is -2.17. The second kappa shape index (κ2) is 6.20. The molecule has 0 aliphatic heterocycles. The van der Waals surface area contributed by atoms with Gasteiger partial charge in [-0.3, -0.25) is 4.79 Å². The van der Waals surface area contributed by atoms with Gasteiger partial charge in [0.1, 0.15) is 0 Å². The molecule has 17 heavy (non-hydrogen) atoms. The summed E-state index contributed by atoms with van der Waals surface area (Å²) in [5, 5.41) is 9.00. The Morgan fingerprint density at radius 2 is 1.82 bits per heavy atom. The number of nitrogens with zero attached hydrogens (tertiary/aromatic N) is 1. The summed E-state index contributed by atoms with van der Waals surface area (Å²) in [6.07, 6.45) is 0. The molecule has 0 heterocycles. The van der Waals surface area contributed by atoms with Crippen molar-refractivity contribution in [2.24, 2.45) is 0 Å². The smallest absolute Gasteiger partial charge is 0.160 e. The quantitative estimate of drug-likeness (QED) is 0.721. The molecule has 1 rings (SSSR count). The lowest BCUT2D eigenvalue weighted by molar-refractivity contribution is 0.101. The van der Waals surface area contributed by atoms with Crippen LogP contribution in [0.25, 0.3) is 0 Å². The molecule has 1 aromatic rings. The molecule has 92 valence electrons. The highest BCUT2D eigenvalue weighted by atomic mass is 16.1. The fraction of sp³-hybridized carbons (Fsp3) is 0.467. The van der Waals surface area contributed by atoms with Crippen LogP contribution in [-0.4, -0.2) is 5.78 Å². The summed E-state index contributed by atoms with van der Waals surface area (Å²) in [6.45, 7) is 11.2. The van der Waals surface area contributed by atoms with Crippen LogP contribution in [0.4, 0.5) is 0 Å². The summed E-state index contributed by atoms with van der Waals surface area (Å²) in [6, 6.07) is 7.82. The van der Waals surface area contributed by atoms with E-state index in [1.54, 1.807) is 13.0 Å². The van der Waals surface area contributed by atoms with Crippen LogP contribution >= 0.6 is 0 Å². The molecule has 0 radical (unpaired) electrons. The average Bonchev–Trinajstić information content (AvgIpc) is 2.31. The highest BCUT2D eigenvalue weighted by molar-refractivity contribution is 5.95. The van der Waals surface area contributed by atoms with E-state index in [0.29, 0.717) is 0 Å². The zero-order valence-corrected chi connectivity index (χ0v) is 11.6. The molecule has 0 fully saturated rings. The van der Waals surface area contributed by atoms with Crippen LogP contribution in [0, 0.1) is 18.3 Å². The number of ketones is 1. The van der Waals surface area contributed by atoms with E-state index in [9.17, 15) is 4.79 Å². The van der Waals surface area contributed by atoms with Crippen LogP contribution in [0.3, 0.4) is 0 Å². The van der Waals surface area contributed by atoms with Gasteiger partial charge in [-0.05, 0) is 38.8 Å². The van der Waals surface area contributed by atoms with Gasteiger partial charge < -0.3 is 0 Å². The molecule has 0 aliphatic rings. The van der Waals surface area contributed by atoms with Crippen molar-refractivity contribution in [1.82, 2.24) is 0 Å². The van der Waals surface area contributed by atoms with E-state index < -0.39 is 5.41 Å². The first-order valence-electron chi connectivity index (χ1n) is 5.92. The SMILES string of the molecule is CC.CC(=O)c1ccc(C(C)(C)C#N)cc1C. The molecule has 2 nitrogen and oxygen atoms in total. The van der Waals surface area contributed by atoms with E-state index in [2.05, 4.69) is 6.07 Å². The number of rotatable bonds is 2. The molecule has 2 heteroatoms. The standard InChI is InChI=1S/C13H15NO.C2H6/c1-9-7-11(13(3,4)8-14)5-6-12(9)10(2)15;1-2/h5-7H,1-4H3;1-2H3. The molecule has 0 saturated carbocycles. The minimum absolute atomic E-state index is 0.0637. The second-order valence-corrected chi connectivity index (χ2v) is 4.32. The first kappa shape index (κ1) is 15.4. The third kappa shape index (κ3) is 3.71. The lowest BCUT2D eigenvalue weighted by atomic mass is 9.84. The van der Waals surface area contributed by atoms with Crippen LogP contribution in [0.5, 0.6) is 0 Å². The predicted molar refractivity (Wildman–Crippen MR) is 71.2 cm³/mol. The number of hydrogen-bond acceptors (Lipinski definition) is 2. The van der Waals surface area contributed by atoms with Gasteiger partial charge in [0.2, 0.25) is 0 Å². The van der Waals surface area contributed by atoms with Crippen molar-refractivity contribution >= 4 is 5.78 Å². The minimum Gasteiger partial charge on any atom is -0.295 e. The number of aryl methyl sites for hydroxylation is 1. The van der Waals surface area contributed by atoms with Gasteiger partial charge in [0.05, 0.1) is 11.5 Å². The summed E-state index contributed by atoms with van der Waals surface area (Å²) in [5.74, 6) is 0.0637. The Kier molecular flexibility index (Phi) is 5.61. The van der Waals surface area contributed by atoms with Crippen molar-refractivity contribution in [2.75, 3.05) is 0 Å². The fourth-order valence-corrected chi connectivity index (χ4v) is 1.51. The van der Waals surface area contributed by atoms with Crippen LogP contribution in [0.1, 0.15) is 56.1 Å². The summed E-state index contributed by atoms with van der Waals surface area (Å²) in [7, 11) is 0. The highest BCUT2D eigenvalue weighted by Gasteiger charge is 2.20. The van der Waals surface area contributed by atoms with Gasteiger partial charge in [0.15, 0.2) is 5.78 Å². The zero-order valence-electron chi connectivity index (χ0n) is 11.6. The summed E-state index contributed by atoms with van der Waals surface area (Å²) in [5.41, 5.74) is 2.11. The van der Waals surface area contributed by atoms with Crippen LogP contribution < -0.4 is 0 Å². The van der Waals surface area contributed by atoms with Crippen molar-refractivity contribution in [3.8, 4) is 6.07 Å². The van der Waals surface area contributed by atoms with Gasteiger partial charge in [0.25, 0.3) is 0 Å². The summed E-state index contributed by atoms with van der Waals surface area (Å²) >= 11 is 0. The number of carbonyl (C=O) groups excluding carboxylic acids is 1. The number of carbonyl (C=O) groups is 1. The third-order valence-corrected chi connectivity index (χ3v) is 2.61. The predicted octanol–water partition coefficient (Wildman–Crippen LogP) is 4.03. The van der Waals surface area contributed by atoms with E-state index in [0.717, 1.165) is 16.7 Å². The zero-order chi connectivity index (χ0) is 13.6. The Morgan fingerprint density at radius 3 is 2.18 bits per heavy atom. The van der Waals surface area contributed by atoms with Crippen LogP contribution in [0.15, 0.2) is 18.2 Å². The van der Waals surface area contributed by atoms with Gasteiger partial charge in [-0.1, -0.05) is 32.0 Å². The Morgan fingerprint density at radius 1 is 1.29 bits per heavy atom. The van der Waals surface area contributed by atoms with Crippen molar-refractivity contribution in [2.45, 2.75) is 47.0 Å². The van der Waals surface area contributed by atoms with Gasteiger partial charge in [-0.15, -0.1) is 0 Å². The normalized spacial score (nSPS) is 9.94. The second-order valence-electron chi connectivity index (χ2n) is 4.32. The van der Waals surface area contributed by atoms with Gasteiger partial charge in [-0.25, -0.2) is 0 Å². The molecule has 0 atom stereocenters.